The van der Waals surface area contributed by atoms with E-state index in [1.54, 1.807) is 0 Å². The molecule has 2 heteroatoms. The SMILES string of the molecule is c1ccc(-c2nc3ccccc3c3c2ccc2c4cccc(-c5cccc(-c6cc7ccccc7c7ccccc67)c5)c4sc23)cc1. The molecule has 0 atom stereocenters. The summed E-state index contributed by atoms with van der Waals surface area (Å²) in [5.74, 6) is 0. The Hall–Kier alpha value is -5.83. The van der Waals surface area contributed by atoms with Crippen molar-refractivity contribution in [2.24, 2.45) is 0 Å². The third-order valence-corrected chi connectivity index (χ3v) is 10.9. The molecule has 0 bridgehead atoms. The molecule has 10 rings (SSSR count). The number of pyridine rings is 1. The van der Waals surface area contributed by atoms with Crippen molar-refractivity contribution in [2.45, 2.75) is 0 Å². The summed E-state index contributed by atoms with van der Waals surface area (Å²) in [6, 6.07) is 59.5. The predicted octanol–water partition coefficient (Wildman–Crippen LogP) is 13.1. The van der Waals surface area contributed by atoms with Crippen molar-refractivity contribution in [3.05, 3.63) is 164 Å². The predicted molar refractivity (Wildman–Crippen MR) is 203 cm³/mol. The number of fused-ring (bicyclic) bond motifs is 10. The van der Waals surface area contributed by atoms with Gasteiger partial charge in [0.05, 0.1) is 11.2 Å². The van der Waals surface area contributed by atoms with Crippen LogP contribution in [0.15, 0.2) is 164 Å². The van der Waals surface area contributed by atoms with Crippen molar-refractivity contribution in [3.8, 4) is 33.5 Å². The second-order valence-electron chi connectivity index (χ2n) is 12.3. The van der Waals surface area contributed by atoms with Gasteiger partial charge in [0, 0.05) is 41.9 Å². The van der Waals surface area contributed by atoms with E-state index >= 15 is 0 Å². The third kappa shape index (κ3) is 4.05. The fourth-order valence-corrected chi connectivity index (χ4v) is 8.88. The first-order chi connectivity index (χ1) is 23.3. The highest BCUT2D eigenvalue weighted by molar-refractivity contribution is 7.27. The van der Waals surface area contributed by atoms with Crippen LogP contribution in [0.25, 0.3) is 96.9 Å². The lowest BCUT2D eigenvalue weighted by Crippen LogP contribution is -1.89. The van der Waals surface area contributed by atoms with Gasteiger partial charge in [-0.25, -0.2) is 4.98 Å². The minimum absolute atomic E-state index is 1.03. The molecular formula is C45H27NS. The van der Waals surface area contributed by atoms with Crippen molar-refractivity contribution < 1.29 is 0 Å². The fraction of sp³-hybridized carbons (Fsp3) is 0. The first-order valence-electron chi connectivity index (χ1n) is 16.1. The monoisotopic (exact) mass is 613 g/mol. The molecule has 0 aliphatic heterocycles. The molecule has 218 valence electrons. The molecule has 0 saturated heterocycles. The smallest absolute Gasteiger partial charge is 0.0788 e. The van der Waals surface area contributed by atoms with Crippen molar-refractivity contribution >= 4 is 74.7 Å². The van der Waals surface area contributed by atoms with Gasteiger partial charge in [-0.3, -0.25) is 0 Å². The van der Waals surface area contributed by atoms with Crippen LogP contribution >= 0.6 is 11.3 Å². The normalized spacial score (nSPS) is 11.8. The maximum Gasteiger partial charge on any atom is 0.0788 e. The molecule has 2 heterocycles. The van der Waals surface area contributed by atoms with Crippen molar-refractivity contribution in [3.63, 3.8) is 0 Å². The number of hydrogen-bond donors (Lipinski definition) is 0. The van der Waals surface area contributed by atoms with Gasteiger partial charge in [-0.2, -0.15) is 0 Å². The second kappa shape index (κ2) is 10.3. The molecule has 0 radical (unpaired) electrons. The van der Waals surface area contributed by atoms with Crippen LogP contribution in [0.5, 0.6) is 0 Å². The zero-order valence-electron chi connectivity index (χ0n) is 25.4. The Bertz CT molecular complexity index is 2840. The summed E-state index contributed by atoms with van der Waals surface area (Å²) in [7, 11) is 0. The molecule has 0 amide bonds. The fourth-order valence-electron chi connectivity index (χ4n) is 7.48. The van der Waals surface area contributed by atoms with Crippen LogP contribution in [0.4, 0.5) is 0 Å². The summed E-state index contributed by atoms with van der Waals surface area (Å²) >= 11 is 1.91. The van der Waals surface area contributed by atoms with Crippen LogP contribution in [-0.4, -0.2) is 4.98 Å². The molecule has 0 fully saturated rings. The van der Waals surface area contributed by atoms with Crippen LogP contribution in [0.1, 0.15) is 0 Å². The van der Waals surface area contributed by atoms with Crippen molar-refractivity contribution in [1.29, 1.82) is 0 Å². The molecular weight excluding hydrogens is 587 g/mol. The van der Waals surface area contributed by atoms with Gasteiger partial charge in [0.25, 0.3) is 0 Å². The van der Waals surface area contributed by atoms with E-state index in [0.717, 1.165) is 16.8 Å². The summed E-state index contributed by atoms with van der Waals surface area (Å²) in [6.45, 7) is 0. The molecule has 0 saturated carbocycles. The summed E-state index contributed by atoms with van der Waals surface area (Å²) in [6.07, 6.45) is 0. The van der Waals surface area contributed by atoms with E-state index in [-0.39, 0.29) is 0 Å². The molecule has 8 aromatic carbocycles. The quantitative estimate of drug-likeness (QED) is 0.181. The zero-order chi connectivity index (χ0) is 30.9. The average molecular weight is 614 g/mol. The average Bonchev–Trinajstić information content (AvgIpc) is 3.54. The molecule has 1 nitrogen and oxygen atoms in total. The largest absolute Gasteiger partial charge is 0.247 e. The standard InChI is InChI=1S/C45H27NS/c1-2-12-28(13-3-1)43-39-25-24-37-36-22-11-21-33(44(36)47-45(37)42(39)38-20-8-9-23-41(38)46-43)29-15-10-16-30(26-29)40-27-31-14-4-5-17-32(31)34-18-6-7-19-35(34)40/h1-27H. The maximum absolute atomic E-state index is 5.18. The number of thiophene rings is 1. The minimum Gasteiger partial charge on any atom is -0.247 e. The van der Waals surface area contributed by atoms with Gasteiger partial charge in [0.1, 0.15) is 0 Å². The molecule has 10 aromatic rings. The van der Waals surface area contributed by atoms with E-state index < -0.39 is 0 Å². The van der Waals surface area contributed by atoms with E-state index in [9.17, 15) is 0 Å². The molecule has 0 N–H and O–H groups in total. The highest BCUT2D eigenvalue weighted by Crippen LogP contribution is 2.46. The van der Waals surface area contributed by atoms with E-state index in [1.807, 2.05) is 11.3 Å². The summed E-state index contributed by atoms with van der Waals surface area (Å²) < 4.78 is 2.63. The Balaban J connectivity index is 1.23. The molecule has 0 spiro atoms. The number of nitrogens with zero attached hydrogens (tertiary/aromatic N) is 1. The Kier molecular flexibility index (Phi) is 5.81. The lowest BCUT2D eigenvalue weighted by molar-refractivity contribution is 1.43. The molecule has 0 unspecified atom stereocenters. The maximum atomic E-state index is 5.18. The highest BCUT2D eigenvalue weighted by Gasteiger charge is 2.18. The van der Waals surface area contributed by atoms with E-state index in [4.69, 9.17) is 4.98 Å². The van der Waals surface area contributed by atoms with Crippen molar-refractivity contribution in [1.82, 2.24) is 4.98 Å². The molecule has 47 heavy (non-hydrogen) atoms. The number of aromatic nitrogens is 1. The first kappa shape index (κ1) is 26.4. The second-order valence-corrected chi connectivity index (χ2v) is 13.3. The summed E-state index contributed by atoms with van der Waals surface area (Å²) in [4.78, 5) is 5.18. The van der Waals surface area contributed by atoms with Gasteiger partial charge in [-0.15, -0.1) is 11.3 Å². The third-order valence-electron chi connectivity index (χ3n) is 9.63. The molecule has 0 aliphatic carbocycles. The van der Waals surface area contributed by atoms with E-state index in [2.05, 4.69) is 164 Å². The zero-order valence-corrected chi connectivity index (χ0v) is 26.3. The molecule has 0 aliphatic rings. The first-order valence-corrected chi connectivity index (χ1v) is 16.9. The van der Waals surface area contributed by atoms with Gasteiger partial charge >= 0.3 is 0 Å². The lowest BCUT2D eigenvalue weighted by Gasteiger charge is -2.12. The van der Waals surface area contributed by atoms with Gasteiger partial charge in [-0.05, 0) is 62.0 Å². The van der Waals surface area contributed by atoms with Gasteiger partial charge in [0.2, 0.25) is 0 Å². The lowest BCUT2D eigenvalue weighted by atomic mass is 9.91. The highest BCUT2D eigenvalue weighted by atomic mass is 32.1. The van der Waals surface area contributed by atoms with Gasteiger partial charge in [0.15, 0.2) is 0 Å². The molecule has 2 aromatic heterocycles. The number of rotatable bonds is 3. The Morgan fingerprint density at radius 1 is 0.362 bits per heavy atom. The Labute approximate surface area is 276 Å². The minimum atomic E-state index is 1.03. The van der Waals surface area contributed by atoms with Crippen LogP contribution in [0.3, 0.4) is 0 Å². The van der Waals surface area contributed by atoms with Crippen LogP contribution in [0, 0.1) is 0 Å². The number of hydrogen-bond acceptors (Lipinski definition) is 2. The summed E-state index contributed by atoms with van der Waals surface area (Å²) in [5.41, 5.74) is 8.21. The van der Waals surface area contributed by atoms with E-state index in [1.165, 1.54) is 80.1 Å². The Morgan fingerprint density at radius 3 is 1.85 bits per heavy atom. The summed E-state index contributed by atoms with van der Waals surface area (Å²) in [5, 5.41) is 11.4. The Morgan fingerprint density at radius 2 is 0.979 bits per heavy atom. The van der Waals surface area contributed by atoms with Crippen LogP contribution in [-0.2, 0) is 0 Å². The topological polar surface area (TPSA) is 12.9 Å². The van der Waals surface area contributed by atoms with Crippen LogP contribution in [0.2, 0.25) is 0 Å². The van der Waals surface area contributed by atoms with Crippen molar-refractivity contribution in [2.75, 3.05) is 0 Å². The van der Waals surface area contributed by atoms with Crippen LogP contribution < -0.4 is 0 Å². The van der Waals surface area contributed by atoms with Gasteiger partial charge < -0.3 is 0 Å². The van der Waals surface area contributed by atoms with Gasteiger partial charge in [-0.1, -0.05) is 146 Å². The number of benzene rings is 8. The number of para-hydroxylation sites is 1. The van der Waals surface area contributed by atoms with E-state index in [0.29, 0.717) is 0 Å².